The summed E-state index contributed by atoms with van der Waals surface area (Å²) in [5, 5.41) is 0. The van der Waals surface area contributed by atoms with Crippen LogP contribution in [0.1, 0.15) is 38.9 Å². The van der Waals surface area contributed by atoms with Gasteiger partial charge in [0.25, 0.3) is 0 Å². The van der Waals surface area contributed by atoms with E-state index < -0.39 is 0 Å². The molecule has 0 bridgehead atoms. The highest BCUT2D eigenvalue weighted by Gasteiger charge is 2.13. The van der Waals surface area contributed by atoms with Crippen molar-refractivity contribution in [1.29, 1.82) is 0 Å². The standard InChI is InChI=1S/C49H42N2/c1-37-14-28-46(29-15-37)50(44-10-6-4-7-11-44)48-32-22-40(23-33-48)18-19-42-21-27-43(39(3)36-42)26-20-41-24-34-49(35-25-41)51(45-12-8-5-9-13-45)47-30-16-38(2)17-31-47/h4-36H,1-3H3. The van der Waals surface area contributed by atoms with E-state index in [-0.39, 0.29) is 0 Å². The molecule has 2 heteroatoms. The number of aryl methyl sites for hydroxylation is 3. The Morgan fingerprint density at radius 1 is 0.314 bits per heavy atom. The number of para-hydroxylation sites is 2. The van der Waals surface area contributed by atoms with Crippen molar-refractivity contribution in [3.05, 3.63) is 215 Å². The van der Waals surface area contributed by atoms with Gasteiger partial charge in [-0.3, -0.25) is 0 Å². The Bertz CT molecular complexity index is 2230. The molecule has 0 aliphatic heterocycles. The van der Waals surface area contributed by atoms with Crippen molar-refractivity contribution in [1.82, 2.24) is 0 Å². The van der Waals surface area contributed by atoms with E-state index in [1.807, 2.05) is 0 Å². The summed E-state index contributed by atoms with van der Waals surface area (Å²) in [5.41, 5.74) is 15.3. The third kappa shape index (κ3) is 8.09. The molecule has 0 atom stereocenters. The number of anilines is 6. The van der Waals surface area contributed by atoms with Crippen molar-refractivity contribution in [3.8, 4) is 0 Å². The zero-order valence-electron chi connectivity index (χ0n) is 29.4. The summed E-state index contributed by atoms with van der Waals surface area (Å²) in [6.45, 7) is 6.42. The highest BCUT2D eigenvalue weighted by atomic mass is 15.1. The molecule has 0 heterocycles. The smallest absolute Gasteiger partial charge is 0.0462 e. The molecule has 51 heavy (non-hydrogen) atoms. The lowest BCUT2D eigenvalue weighted by Gasteiger charge is -2.25. The fourth-order valence-electron chi connectivity index (χ4n) is 6.27. The zero-order valence-corrected chi connectivity index (χ0v) is 29.4. The van der Waals surface area contributed by atoms with Crippen LogP contribution in [0, 0.1) is 20.8 Å². The second kappa shape index (κ2) is 15.4. The first-order chi connectivity index (χ1) is 25.0. The van der Waals surface area contributed by atoms with Gasteiger partial charge in [0.05, 0.1) is 0 Å². The second-order valence-corrected chi connectivity index (χ2v) is 13.0. The molecule has 0 saturated carbocycles. The monoisotopic (exact) mass is 658 g/mol. The maximum absolute atomic E-state index is 2.29. The van der Waals surface area contributed by atoms with Gasteiger partial charge in [-0.2, -0.15) is 0 Å². The lowest BCUT2D eigenvalue weighted by Crippen LogP contribution is -2.09. The number of hydrogen-bond acceptors (Lipinski definition) is 2. The van der Waals surface area contributed by atoms with Gasteiger partial charge in [0.1, 0.15) is 0 Å². The summed E-state index contributed by atoms with van der Waals surface area (Å²) in [5.74, 6) is 0. The summed E-state index contributed by atoms with van der Waals surface area (Å²) < 4.78 is 0. The van der Waals surface area contributed by atoms with Crippen LogP contribution in [-0.2, 0) is 0 Å². The van der Waals surface area contributed by atoms with E-state index >= 15 is 0 Å². The average molecular weight is 659 g/mol. The summed E-state index contributed by atoms with van der Waals surface area (Å²) in [6.07, 6.45) is 8.77. The van der Waals surface area contributed by atoms with Crippen LogP contribution < -0.4 is 9.80 Å². The number of hydrogen-bond donors (Lipinski definition) is 0. The highest BCUT2D eigenvalue weighted by molar-refractivity contribution is 5.80. The molecule has 7 aromatic rings. The van der Waals surface area contributed by atoms with E-state index in [0.29, 0.717) is 0 Å². The third-order valence-corrected chi connectivity index (χ3v) is 9.13. The van der Waals surface area contributed by atoms with Crippen molar-refractivity contribution < 1.29 is 0 Å². The van der Waals surface area contributed by atoms with E-state index in [9.17, 15) is 0 Å². The molecule has 0 aromatic heterocycles. The Labute approximate surface area is 302 Å². The second-order valence-electron chi connectivity index (χ2n) is 13.0. The molecule has 2 nitrogen and oxygen atoms in total. The molecule has 0 amide bonds. The predicted octanol–water partition coefficient (Wildman–Crippen LogP) is 13.9. The van der Waals surface area contributed by atoms with E-state index in [4.69, 9.17) is 0 Å². The van der Waals surface area contributed by atoms with Crippen LogP contribution >= 0.6 is 0 Å². The van der Waals surface area contributed by atoms with E-state index in [1.165, 1.54) is 27.8 Å². The normalized spacial score (nSPS) is 11.3. The predicted molar refractivity (Wildman–Crippen MR) is 221 cm³/mol. The van der Waals surface area contributed by atoms with Crippen molar-refractivity contribution in [2.24, 2.45) is 0 Å². The van der Waals surface area contributed by atoms with Crippen molar-refractivity contribution in [3.63, 3.8) is 0 Å². The van der Waals surface area contributed by atoms with Gasteiger partial charge in [-0.1, -0.05) is 139 Å². The Balaban J connectivity index is 1.04. The minimum atomic E-state index is 1.13. The lowest BCUT2D eigenvalue weighted by atomic mass is 10.0. The van der Waals surface area contributed by atoms with Crippen molar-refractivity contribution >= 4 is 58.4 Å². The highest BCUT2D eigenvalue weighted by Crippen LogP contribution is 2.36. The molecule has 0 radical (unpaired) electrons. The largest absolute Gasteiger partial charge is 0.311 e. The van der Waals surface area contributed by atoms with Crippen LogP contribution in [-0.4, -0.2) is 0 Å². The summed E-state index contributed by atoms with van der Waals surface area (Å²) in [7, 11) is 0. The molecule has 0 fully saturated rings. The number of benzene rings is 7. The minimum Gasteiger partial charge on any atom is -0.311 e. The molecule has 7 rings (SSSR count). The SMILES string of the molecule is Cc1ccc(N(c2ccccc2)c2ccc(C=Cc3ccc(C=Cc4ccc(N(c5ccccc5)c5ccc(C)cc5)cc4)c(C)c3)cc2)cc1. The molecular formula is C49H42N2. The molecule has 0 spiro atoms. The molecule has 248 valence electrons. The molecule has 7 aromatic carbocycles. The van der Waals surface area contributed by atoms with Gasteiger partial charge >= 0.3 is 0 Å². The molecule has 0 unspecified atom stereocenters. The first-order valence-corrected chi connectivity index (χ1v) is 17.5. The van der Waals surface area contributed by atoms with Crippen LogP contribution in [0.2, 0.25) is 0 Å². The first-order valence-electron chi connectivity index (χ1n) is 17.5. The fraction of sp³-hybridized carbons (Fsp3) is 0.0612. The van der Waals surface area contributed by atoms with Crippen LogP contribution in [0.3, 0.4) is 0 Å². The quantitative estimate of drug-likeness (QED) is 0.135. The maximum Gasteiger partial charge on any atom is 0.0462 e. The Morgan fingerprint density at radius 2 is 0.647 bits per heavy atom. The van der Waals surface area contributed by atoms with E-state index in [0.717, 1.165) is 45.3 Å². The Morgan fingerprint density at radius 3 is 1.06 bits per heavy atom. The van der Waals surface area contributed by atoms with Gasteiger partial charge in [0.2, 0.25) is 0 Å². The lowest BCUT2D eigenvalue weighted by molar-refractivity contribution is 1.27. The third-order valence-electron chi connectivity index (χ3n) is 9.13. The zero-order chi connectivity index (χ0) is 35.0. The molecule has 0 saturated heterocycles. The number of rotatable bonds is 10. The average Bonchev–Trinajstić information content (AvgIpc) is 3.17. The fourth-order valence-corrected chi connectivity index (χ4v) is 6.27. The van der Waals surface area contributed by atoms with Crippen LogP contribution in [0.4, 0.5) is 34.1 Å². The van der Waals surface area contributed by atoms with Gasteiger partial charge in [-0.15, -0.1) is 0 Å². The van der Waals surface area contributed by atoms with Crippen LogP contribution in [0.5, 0.6) is 0 Å². The summed E-state index contributed by atoms with van der Waals surface area (Å²) in [4.78, 5) is 4.59. The molecule has 0 aliphatic carbocycles. The van der Waals surface area contributed by atoms with Gasteiger partial charge in [-0.05, 0) is 121 Å². The van der Waals surface area contributed by atoms with E-state index in [1.54, 1.807) is 0 Å². The molecule has 0 aliphatic rings. The maximum atomic E-state index is 2.29. The summed E-state index contributed by atoms with van der Waals surface area (Å²) >= 11 is 0. The van der Waals surface area contributed by atoms with Gasteiger partial charge < -0.3 is 9.80 Å². The molecular weight excluding hydrogens is 617 g/mol. The van der Waals surface area contributed by atoms with Crippen LogP contribution in [0.15, 0.2) is 176 Å². The Hall–Kier alpha value is -6.38. The van der Waals surface area contributed by atoms with Gasteiger partial charge in [0, 0.05) is 34.1 Å². The van der Waals surface area contributed by atoms with Gasteiger partial charge in [0.15, 0.2) is 0 Å². The Kier molecular flexibility index (Phi) is 10.0. The van der Waals surface area contributed by atoms with E-state index in [2.05, 4.69) is 231 Å². The van der Waals surface area contributed by atoms with Crippen LogP contribution in [0.25, 0.3) is 24.3 Å². The molecule has 0 N–H and O–H groups in total. The minimum absolute atomic E-state index is 1.13. The van der Waals surface area contributed by atoms with Crippen molar-refractivity contribution in [2.75, 3.05) is 9.80 Å². The van der Waals surface area contributed by atoms with Crippen molar-refractivity contribution in [2.45, 2.75) is 20.8 Å². The van der Waals surface area contributed by atoms with Gasteiger partial charge in [-0.25, -0.2) is 0 Å². The number of nitrogens with zero attached hydrogens (tertiary/aromatic N) is 2. The topological polar surface area (TPSA) is 6.48 Å². The first kappa shape index (κ1) is 33.1. The summed E-state index contributed by atoms with van der Waals surface area (Å²) in [6, 6.07) is 62.6.